The zero-order valence-corrected chi connectivity index (χ0v) is 17.3. The first-order valence-corrected chi connectivity index (χ1v) is 10.6. The van der Waals surface area contributed by atoms with Crippen LogP contribution in [0.2, 0.25) is 0 Å². The fraction of sp³-hybridized carbons (Fsp3) is 0.429. The van der Waals surface area contributed by atoms with E-state index in [0.717, 1.165) is 41.0 Å². The van der Waals surface area contributed by atoms with Crippen molar-refractivity contribution in [2.45, 2.75) is 51.1 Å². The number of pyridine rings is 1. The van der Waals surface area contributed by atoms with Gasteiger partial charge in [0.25, 0.3) is 0 Å². The Morgan fingerprint density at radius 2 is 2.14 bits per heavy atom. The first kappa shape index (κ1) is 18.9. The third-order valence-electron chi connectivity index (χ3n) is 5.17. The second-order valence-corrected chi connectivity index (χ2v) is 9.24. The average Bonchev–Trinajstić information content (AvgIpc) is 2.64. The normalized spacial score (nSPS) is 20.4. The number of carbonyl (C=O) groups excluding carboxylic acids is 1. The van der Waals surface area contributed by atoms with Gasteiger partial charge in [0.1, 0.15) is 11.6 Å². The van der Waals surface area contributed by atoms with Gasteiger partial charge in [0.15, 0.2) is 10.9 Å². The molecule has 1 atom stereocenters. The Morgan fingerprint density at radius 3 is 2.86 bits per heavy atom. The van der Waals surface area contributed by atoms with Crippen molar-refractivity contribution in [2.24, 2.45) is 5.41 Å². The molecule has 2 aromatic heterocycles. The van der Waals surface area contributed by atoms with Gasteiger partial charge in [0.2, 0.25) is 0 Å². The molecule has 0 saturated carbocycles. The van der Waals surface area contributed by atoms with Gasteiger partial charge in [-0.3, -0.25) is 9.78 Å². The van der Waals surface area contributed by atoms with Crippen LogP contribution < -0.4 is 11.1 Å². The van der Waals surface area contributed by atoms with Crippen molar-refractivity contribution in [1.82, 2.24) is 15.0 Å². The Labute approximate surface area is 169 Å². The summed E-state index contributed by atoms with van der Waals surface area (Å²) >= 11 is 1.60. The molecule has 6 nitrogen and oxygen atoms in total. The lowest BCUT2D eigenvalue weighted by atomic mass is 9.69. The molecule has 1 aliphatic carbocycles. The molecule has 2 aromatic rings. The minimum Gasteiger partial charge on any atom is -0.383 e. The van der Waals surface area contributed by atoms with Crippen LogP contribution in [0.5, 0.6) is 0 Å². The van der Waals surface area contributed by atoms with Crippen molar-refractivity contribution in [2.75, 3.05) is 16.8 Å². The monoisotopic (exact) mass is 395 g/mol. The first-order chi connectivity index (χ1) is 13.4. The number of hydrogen-bond acceptors (Lipinski definition) is 7. The topological polar surface area (TPSA) is 93.8 Å². The molecule has 0 spiro atoms. The summed E-state index contributed by atoms with van der Waals surface area (Å²) in [6, 6.07) is 3.88. The summed E-state index contributed by atoms with van der Waals surface area (Å²) in [4.78, 5) is 26.7. The molecule has 4 rings (SSSR count). The zero-order valence-electron chi connectivity index (χ0n) is 16.5. The summed E-state index contributed by atoms with van der Waals surface area (Å²) in [6.07, 6.45) is 5.89. The third kappa shape index (κ3) is 3.39. The molecule has 0 bridgehead atoms. The molecule has 28 heavy (non-hydrogen) atoms. The lowest BCUT2D eigenvalue weighted by Gasteiger charge is -2.39. The van der Waals surface area contributed by atoms with Gasteiger partial charge in [-0.05, 0) is 29.9 Å². The van der Waals surface area contributed by atoms with E-state index in [2.05, 4.69) is 36.1 Å². The number of nitrogens with two attached hydrogens (primary N) is 1. The van der Waals surface area contributed by atoms with Crippen molar-refractivity contribution in [3.05, 3.63) is 46.9 Å². The number of ketones is 1. The van der Waals surface area contributed by atoms with Gasteiger partial charge in [0.05, 0.1) is 0 Å². The quantitative estimate of drug-likeness (QED) is 0.593. The van der Waals surface area contributed by atoms with E-state index in [0.29, 0.717) is 23.2 Å². The maximum atomic E-state index is 13.2. The number of aromatic nitrogens is 3. The van der Waals surface area contributed by atoms with Crippen LogP contribution in [-0.2, 0) is 4.79 Å². The van der Waals surface area contributed by atoms with Gasteiger partial charge in [0, 0.05) is 47.3 Å². The molecule has 0 aromatic carbocycles. The molecular formula is C21H25N5OS. The number of anilines is 2. The van der Waals surface area contributed by atoms with Crippen molar-refractivity contribution < 1.29 is 4.79 Å². The number of thioether (sulfide) groups is 1. The van der Waals surface area contributed by atoms with Crippen LogP contribution in [0.1, 0.15) is 57.1 Å². The van der Waals surface area contributed by atoms with Gasteiger partial charge >= 0.3 is 0 Å². The number of fused-ring (bicyclic) bond motifs is 1. The highest BCUT2D eigenvalue weighted by Crippen LogP contribution is 2.49. The predicted molar refractivity (Wildman–Crippen MR) is 112 cm³/mol. The highest BCUT2D eigenvalue weighted by molar-refractivity contribution is 7.99. The van der Waals surface area contributed by atoms with Crippen molar-refractivity contribution in [1.29, 1.82) is 0 Å². The SMILES string of the molecule is CCCSc1nc(N)c2c(n1)NC1=C(C(=O)CC(C)(C)C1)[C@@H]2c1cccnc1. The number of nitrogen functional groups attached to an aromatic ring is 1. The summed E-state index contributed by atoms with van der Waals surface area (Å²) in [5.74, 6) is 1.94. The fourth-order valence-corrected chi connectivity index (χ4v) is 4.76. The number of nitrogens with one attached hydrogen (secondary N) is 1. The number of allylic oxidation sites excluding steroid dienone is 2. The summed E-state index contributed by atoms with van der Waals surface area (Å²) in [7, 11) is 0. The maximum Gasteiger partial charge on any atom is 0.191 e. The van der Waals surface area contributed by atoms with Crippen LogP contribution in [0.15, 0.2) is 41.0 Å². The third-order valence-corrected chi connectivity index (χ3v) is 6.23. The number of rotatable bonds is 4. The Kier molecular flexibility index (Phi) is 4.87. The molecular weight excluding hydrogens is 370 g/mol. The van der Waals surface area contributed by atoms with Crippen LogP contribution >= 0.6 is 11.8 Å². The molecule has 3 heterocycles. The van der Waals surface area contributed by atoms with Crippen molar-refractivity contribution >= 4 is 29.2 Å². The summed E-state index contributed by atoms with van der Waals surface area (Å²) < 4.78 is 0. The second-order valence-electron chi connectivity index (χ2n) is 8.18. The Morgan fingerprint density at radius 1 is 1.32 bits per heavy atom. The van der Waals surface area contributed by atoms with Crippen LogP contribution in [0.3, 0.4) is 0 Å². The van der Waals surface area contributed by atoms with Crippen molar-refractivity contribution in [3.8, 4) is 0 Å². The lowest BCUT2D eigenvalue weighted by molar-refractivity contribution is -0.118. The molecule has 1 aliphatic heterocycles. The lowest BCUT2D eigenvalue weighted by Crippen LogP contribution is -2.34. The Balaban J connectivity index is 1.89. The van der Waals surface area contributed by atoms with E-state index in [-0.39, 0.29) is 17.1 Å². The molecule has 0 unspecified atom stereocenters. The van der Waals surface area contributed by atoms with E-state index in [1.54, 1.807) is 24.2 Å². The molecule has 2 aliphatic rings. The number of nitrogens with zero attached hydrogens (tertiary/aromatic N) is 3. The molecule has 0 amide bonds. The van der Waals surface area contributed by atoms with Gasteiger partial charge in [-0.15, -0.1) is 0 Å². The molecule has 7 heteroatoms. The molecule has 0 radical (unpaired) electrons. The van der Waals surface area contributed by atoms with Crippen molar-refractivity contribution in [3.63, 3.8) is 0 Å². The zero-order chi connectivity index (χ0) is 19.9. The van der Waals surface area contributed by atoms with Gasteiger partial charge < -0.3 is 11.1 Å². The standard InChI is InChI=1S/C21H25N5OS/c1-4-8-28-20-25-18(22)17-15(12-6-5-7-23-11-12)16-13(24-19(17)26-20)9-21(2,3)10-14(16)27/h5-7,11,15H,4,8-10H2,1-3H3,(H3,22,24,25,26)/t15-/m0/s1. The van der Waals surface area contributed by atoms with Crippen LogP contribution in [-0.4, -0.2) is 26.5 Å². The summed E-state index contributed by atoms with van der Waals surface area (Å²) in [5, 5.41) is 4.10. The average molecular weight is 396 g/mol. The van der Waals surface area contributed by atoms with Gasteiger partial charge in [-0.2, -0.15) is 0 Å². The van der Waals surface area contributed by atoms with E-state index >= 15 is 0 Å². The molecule has 146 valence electrons. The van der Waals surface area contributed by atoms with E-state index in [4.69, 9.17) is 10.7 Å². The molecule has 3 N–H and O–H groups in total. The van der Waals surface area contributed by atoms with Crippen LogP contribution in [0.25, 0.3) is 0 Å². The minimum atomic E-state index is -0.284. The van der Waals surface area contributed by atoms with E-state index in [1.807, 2.05) is 12.1 Å². The van der Waals surface area contributed by atoms with E-state index in [9.17, 15) is 4.79 Å². The highest BCUT2D eigenvalue weighted by Gasteiger charge is 2.42. The smallest absolute Gasteiger partial charge is 0.191 e. The number of Topliss-reactive ketones (excluding diaryl/α,β-unsaturated/α-hetero) is 1. The minimum absolute atomic E-state index is 0.0850. The van der Waals surface area contributed by atoms with E-state index < -0.39 is 0 Å². The molecule has 0 saturated heterocycles. The Hall–Kier alpha value is -2.41. The fourth-order valence-electron chi connectivity index (χ4n) is 4.05. The molecule has 0 fully saturated rings. The maximum absolute atomic E-state index is 13.2. The largest absolute Gasteiger partial charge is 0.383 e. The summed E-state index contributed by atoms with van der Waals surface area (Å²) in [5.41, 5.74) is 9.77. The predicted octanol–water partition coefficient (Wildman–Crippen LogP) is 4.16. The van der Waals surface area contributed by atoms with Crippen LogP contribution in [0, 0.1) is 5.41 Å². The van der Waals surface area contributed by atoms with Gasteiger partial charge in [-0.1, -0.05) is 38.6 Å². The summed E-state index contributed by atoms with van der Waals surface area (Å²) in [6.45, 7) is 6.38. The number of carbonyl (C=O) groups is 1. The Bertz CT molecular complexity index is 955. The number of hydrogen-bond donors (Lipinski definition) is 2. The second kappa shape index (κ2) is 7.20. The van der Waals surface area contributed by atoms with Gasteiger partial charge in [-0.25, -0.2) is 9.97 Å². The first-order valence-electron chi connectivity index (χ1n) is 9.63. The van der Waals surface area contributed by atoms with Crippen LogP contribution in [0.4, 0.5) is 11.6 Å². The highest BCUT2D eigenvalue weighted by atomic mass is 32.2. The van der Waals surface area contributed by atoms with E-state index in [1.165, 1.54) is 0 Å².